The van der Waals surface area contributed by atoms with Gasteiger partial charge < -0.3 is 4.98 Å². The number of hydrogen-bond donors (Lipinski definition) is 1. The molecule has 9 heteroatoms. The second-order valence-electron chi connectivity index (χ2n) is 9.93. The highest BCUT2D eigenvalue weighted by molar-refractivity contribution is 7.99. The van der Waals surface area contributed by atoms with E-state index in [1.54, 1.807) is 34.4 Å². The Labute approximate surface area is 216 Å². The standard InChI is InChI=1S/C26H30N4O2S3/c1-13-14(2)33-23-19(13)22(31)27-21(28-23)15(3)34-26-29-24-20(17-11-7-8-12-18(17)35-24)25(32)30(26)16-9-5-4-6-10-16/h15-16H,4-12H2,1-3H3,(H,27,28,31)/t15-/m1/s1. The summed E-state index contributed by atoms with van der Waals surface area (Å²) in [7, 11) is 0. The van der Waals surface area contributed by atoms with Gasteiger partial charge in [0.15, 0.2) is 5.16 Å². The zero-order valence-corrected chi connectivity index (χ0v) is 22.9. The highest BCUT2D eigenvalue weighted by Gasteiger charge is 2.28. The highest BCUT2D eigenvalue weighted by Crippen LogP contribution is 2.40. The van der Waals surface area contributed by atoms with Gasteiger partial charge in [-0.3, -0.25) is 14.2 Å². The van der Waals surface area contributed by atoms with E-state index in [-0.39, 0.29) is 22.4 Å². The fraction of sp³-hybridized carbons (Fsp3) is 0.538. The van der Waals surface area contributed by atoms with E-state index in [1.165, 1.54) is 23.3 Å². The topological polar surface area (TPSA) is 80.6 Å². The Kier molecular flexibility index (Phi) is 6.13. The third-order valence-electron chi connectivity index (χ3n) is 7.65. The van der Waals surface area contributed by atoms with Crippen molar-refractivity contribution in [1.82, 2.24) is 19.5 Å². The van der Waals surface area contributed by atoms with Crippen molar-refractivity contribution in [2.24, 2.45) is 0 Å². The second-order valence-corrected chi connectivity index (χ2v) is 13.5. The number of nitrogens with zero attached hydrogens (tertiary/aromatic N) is 3. The molecule has 0 aliphatic heterocycles. The van der Waals surface area contributed by atoms with Gasteiger partial charge in [-0.2, -0.15) is 0 Å². The highest BCUT2D eigenvalue weighted by atomic mass is 32.2. The summed E-state index contributed by atoms with van der Waals surface area (Å²) in [6.45, 7) is 6.05. The fourth-order valence-electron chi connectivity index (χ4n) is 5.62. The third kappa shape index (κ3) is 4.00. The van der Waals surface area contributed by atoms with E-state index in [0.717, 1.165) is 75.6 Å². The van der Waals surface area contributed by atoms with Crippen LogP contribution in [0.1, 0.15) is 89.9 Å². The zero-order valence-electron chi connectivity index (χ0n) is 20.4. The number of aromatic amines is 1. The van der Waals surface area contributed by atoms with Crippen LogP contribution in [0.15, 0.2) is 14.7 Å². The van der Waals surface area contributed by atoms with Gasteiger partial charge in [0.2, 0.25) is 0 Å². The Bertz CT molecular complexity index is 1560. The van der Waals surface area contributed by atoms with Crippen molar-refractivity contribution < 1.29 is 0 Å². The first-order valence-electron chi connectivity index (χ1n) is 12.7. The Hall–Kier alpha value is -1.97. The average Bonchev–Trinajstić information content (AvgIpc) is 3.36. The number of thiophene rings is 2. The third-order valence-corrected chi connectivity index (χ3v) is 11.0. The summed E-state index contributed by atoms with van der Waals surface area (Å²) in [5.41, 5.74) is 2.31. The van der Waals surface area contributed by atoms with Crippen LogP contribution in [-0.4, -0.2) is 19.5 Å². The molecule has 2 aliphatic carbocycles. The van der Waals surface area contributed by atoms with Crippen molar-refractivity contribution in [3.63, 3.8) is 0 Å². The lowest BCUT2D eigenvalue weighted by Crippen LogP contribution is -2.29. The summed E-state index contributed by atoms with van der Waals surface area (Å²) in [5, 5.41) is 2.19. The van der Waals surface area contributed by atoms with Gasteiger partial charge in [-0.05, 0) is 70.4 Å². The van der Waals surface area contributed by atoms with Gasteiger partial charge in [-0.25, -0.2) is 9.97 Å². The predicted molar refractivity (Wildman–Crippen MR) is 147 cm³/mol. The Morgan fingerprint density at radius 2 is 1.71 bits per heavy atom. The van der Waals surface area contributed by atoms with Crippen LogP contribution >= 0.6 is 34.4 Å². The van der Waals surface area contributed by atoms with E-state index in [1.807, 2.05) is 25.3 Å². The van der Waals surface area contributed by atoms with Crippen molar-refractivity contribution >= 4 is 54.9 Å². The van der Waals surface area contributed by atoms with Gasteiger partial charge in [0.1, 0.15) is 15.5 Å². The van der Waals surface area contributed by atoms with Crippen molar-refractivity contribution in [2.45, 2.75) is 95.0 Å². The van der Waals surface area contributed by atoms with E-state index in [9.17, 15) is 9.59 Å². The minimum atomic E-state index is -0.136. The summed E-state index contributed by atoms with van der Waals surface area (Å²) >= 11 is 4.82. The van der Waals surface area contributed by atoms with Crippen LogP contribution in [0.2, 0.25) is 0 Å². The maximum absolute atomic E-state index is 14.0. The Morgan fingerprint density at radius 3 is 2.51 bits per heavy atom. The molecule has 0 aromatic carbocycles. The molecule has 0 amide bonds. The number of aromatic nitrogens is 4. The molecule has 6 nitrogen and oxygen atoms in total. The molecule has 4 heterocycles. The number of hydrogen-bond acceptors (Lipinski definition) is 7. The van der Waals surface area contributed by atoms with E-state index in [2.05, 4.69) is 4.98 Å². The molecule has 4 aromatic heterocycles. The smallest absolute Gasteiger partial charge is 0.263 e. The molecule has 2 aliphatic rings. The van der Waals surface area contributed by atoms with Crippen LogP contribution in [0, 0.1) is 13.8 Å². The van der Waals surface area contributed by atoms with Gasteiger partial charge in [0.05, 0.1) is 16.0 Å². The maximum atomic E-state index is 14.0. The first-order chi connectivity index (χ1) is 16.9. The van der Waals surface area contributed by atoms with E-state index in [4.69, 9.17) is 9.97 Å². The van der Waals surface area contributed by atoms with E-state index < -0.39 is 0 Å². The fourth-order valence-corrected chi connectivity index (χ4v) is 9.00. The average molecular weight is 527 g/mol. The molecule has 0 unspecified atom stereocenters. The summed E-state index contributed by atoms with van der Waals surface area (Å²) in [6, 6.07) is 0.194. The molecule has 1 N–H and O–H groups in total. The van der Waals surface area contributed by atoms with Crippen molar-refractivity contribution in [1.29, 1.82) is 0 Å². The van der Waals surface area contributed by atoms with Crippen LogP contribution in [0.25, 0.3) is 20.4 Å². The summed E-state index contributed by atoms with van der Waals surface area (Å²) in [4.78, 5) is 44.0. The molecule has 1 atom stereocenters. The lowest BCUT2D eigenvalue weighted by molar-refractivity contribution is 0.326. The first-order valence-corrected chi connectivity index (χ1v) is 15.2. The largest absolute Gasteiger partial charge is 0.309 e. The maximum Gasteiger partial charge on any atom is 0.263 e. The van der Waals surface area contributed by atoms with Crippen molar-refractivity contribution in [2.75, 3.05) is 0 Å². The Balaban J connectivity index is 1.46. The number of rotatable bonds is 4. The van der Waals surface area contributed by atoms with Crippen LogP contribution in [0.4, 0.5) is 0 Å². The number of aryl methyl sites for hydroxylation is 4. The quantitative estimate of drug-likeness (QED) is 0.239. The predicted octanol–water partition coefficient (Wildman–Crippen LogP) is 6.61. The lowest BCUT2D eigenvalue weighted by Gasteiger charge is -2.26. The molecule has 1 fully saturated rings. The lowest BCUT2D eigenvalue weighted by atomic mass is 9.94. The molecule has 0 radical (unpaired) electrons. The van der Waals surface area contributed by atoms with Crippen LogP contribution in [0.5, 0.6) is 0 Å². The normalized spacial score (nSPS) is 17.8. The molecule has 184 valence electrons. The number of thioether (sulfide) groups is 1. The summed E-state index contributed by atoms with van der Waals surface area (Å²) in [6.07, 6.45) is 9.98. The molecular weight excluding hydrogens is 497 g/mol. The second kappa shape index (κ2) is 9.16. The van der Waals surface area contributed by atoms with Crippen molar-refractivity contribution in [3.05, 3.63) is 47.4 Å². The summed E-state index contributed by atoms with van der Waals surface area (Å²) < 4.78 is 2.00. The van der Waals surface area contributed by atoms with Gasteiger partial charge in [0.25, 0.3) is 11.1 Å². The molecule has 4 aromatic rings. The Morgan fingerprint density at radius 1 is 0.971 bits per heavy atom. The van der Waals surface area contributed by atoms with Crippen LogP contribution in [-0.2, 0) is 12.8 Å². The molecule has 35 heavy (non-hydrogen) atoms. The molecule has 6 rings (SSSR count). The number of fused-ring (bicyclic) bond motifs is 4. The molecule has 1 saturated carbocycles. The zero-order chi connectivity index (χ0) is 24.3. The minimum Gasteiger partial charge on any atom is -0.309 e. The number of nitrogens with one attached hydrogen (secondary N) is 1. The summed E-state index contributed by atoms with van der Waals surface area (Å²) in [5.74, 6) is 0.642. The molecule has 0 spiro atoms. The van der Waals surface area contributed by atoms with Gasteiger partial charge in [-0.15, -0.1) is 22.7 Å². The van der Waals surface area contributed by atoms with E-state index >= 15 is 0 Å². The SMILES string of the molecule is Cc1sc2nc([C@@H](C)Sc3nc4sc5c(c4c(=O)n3C3CCCCC3)CCCC5)[nH]c(=O)c2c1C. The number of H-pyrrole nitrogens is 1. The van der Waals surface area contributed by atoms with Gasteiger partial charge in [0, 0.05) is 15.8 Å². The van der Waals surface area contributed by atoms with Gasteiger partial charge in [-0.1, -0.05) is 31.0 Å². The molecule has 0 bridgehead atoms. The molecule has 0 saturated heterocycles. The van der Waals surface area contributed by atoms with Crippen molar-refractivity contribution in [3.8, 4) is 0 Å². The van der Waals surface area contributed by atoms with Gasteiger partial charge >= 0.3 is 0 Å². The monoisotopic (exact) mass is 526 g/mol. The first kappa shape index (κ1) is 23.4. The molecular formula is C26H30N4O2S3. The van der Waals surface area contributed by atoms with Crippen LogP contribution < -0.4 is 11.1 Å². The minimum absolute atomic E-state index is 0.0849. The van der Waals surface area contributed by atoms with Crippen LogP contribution in [0.3, 0.4) is 0 Å². The van der Waals surface area contributed by atoms with E-state index in [0.29, 0.717) is 11.2 Å².